The van der Waals surface area contributed by atoms with Gasteiger partial charge in [0, 0.05) is 44.4 Å². The van der Waals surface area contributed by atoms with Crippen LogP contribution in [0.15, 0.2) is 24.3 Å². The van der Waals surface area contributed by atoms with Crippen molar-refractivity contribution in [3.63, 3.8) is 0 Å². The van der Waals surface area contributed by atoms with Gasteiger partial charge < -0.3 is 14.9 Å². The highest BCUT2D eigenvalue weighted by atomic mass is 35.5. The molecule has 0 radical (unpaired) electrons. The van der Waals surface area contributed by atoms with Crippen LogP contribution in [0.4, 0.5) is 10.2 Å². The predicted molar refractivity (Wildman–Crippen MR) is 109 cm³/mol. The Labute approximate surface area is 174 Å². The molecule has 29 heavy (non-hydrogen) atoms. The molecule has 0 bridgehead atoms. The number of rotatable bonds is 3. The van der Waals surface area contributed by atoms with Crippen molar-refractivity contribution in [3.05, 3.63) is 52.2 Å². The number of hydrogen-bond donors (Lipinski definition) is 1. The van der Waals surface area contributed by atoms with E-state index >= 15 is 0 Å². The van der Waals surface area contributed by atoms with Gasteiger partial charge in [0.25, 0.3) is 12.4 Å². The van der Waals surface area contributed by atoms with Gasteiger partial charge in [0.1, 0.15) is 17.5 Å². The Balaban J connectivity index is 0.000000941. The highest BCUT2D eigenvalue weighted by Gasteiger charge is 2.25. The molecule has 0 unspecified atom stereocenters. The Kier molecular flexibility index (Phi) is 8.33. The summed E-state index contributed by atoms with van der Waals surface area (Å²) in [6.45, 7) is 6.21. The van der Waals surface area contributed by atoms with Crippen LogP contribution in [0.3, 0.4) is 0 Å². The van der Waals surface area contributed by atoms with Crippen molar-refractivity contribution in [2.45, 2.75) is 26.7 Å². The second-order valence-corrected chi connectivity index (χ2v) is 6.88. The summed E-state index contributed by atoms with van der Waals surface area (Å²) >= 11 is 6.04. The number of carboxylic acid groups (broad SMARTS) is 1. The van der Waals surface area contributed by atoms with Crippen molar-refractivity contribution in [1.82, 2.24) is 14.9 Å². The molecule has 7 nitrogen and oxygen atoms in total. The van der Waals surface area contributed by atoms with E-state index in [9.17, 15) is 9.18 Å². The highest BCUT2D eigenvalue weighted by molar-refractivity contribution is 6.33. The summed E-state index contributed by atoms with van der Waals surface area (Å²) in [6.07, 6.45) is 1.56. The Morgan fingerprint density at radius 1 is 1.28 bits per heavy atom. The molecule has 1 amide bonds. The predicted octanol–water partition coefficient (Wildman–Crippen LogP) is 3.19. The number of benzene rings is 1. The fourth-order valence-corrected chi connectivity index (χ4v) is 3.39. The molecule has 1 N–H and O–H groups in total. The van der Waals surface area contributed by atoms with Crippen molar-refractivity contribution >= 4 is 29.8 Å². The number of anilines is 1. The van der Waals surface area contributed by atoms with Gasteiger partial charge in [0.2, 0.25) is 0 Å². The van der Waals surface area contributed by atoms with Crippen molar-refractivity contribution in [1.29, 1.82) is 0 Å². The topological polar surface area (TPSA) is 86.6 Å². The minimum absolute atomic E-state index is 0.0474. The number of carbonyl (C=O) groups excluding carboxylic acids is 1. The molecule has 0 atom stereocenters. The fraction of sp³-hybridized carbons (Fsp3) is 0.400. The molecule has 0 saturated carbocycles. The lowest BCUT2D eigenvalue weighted by Gasteiger charge is -2.23. The third-order valence-corrected chi connectivity index (χ3v) is 4.80. The molecule has 156 valence electrons. The van der Waals surface area contributed by atoms with Crippen molar-refractivity contribution < 1.29 is 19.1 Å². The lowest BCUT2D eigenvalue weighted by molar-refractivity contribution is -0.122. The lowest BCUT2D eigenvalue weighted by Crippen LogP contribution is -2.36. The number of nitrogens with zero attached hydrogens (tertiary/aromatic N) is 4. The maximum Gasteiger partial charge on any atom is 0.290 e. The van der Waals surface area contributed by atoms with E-state index in [2.05, 4.69) is 14.9 Å². The molecule has 0 spiro atoms. The summed E-state index contributed by atoms with van der Waals surface area (Å²) in [7, 11) is 0. The van der Waals surface area contributed by atoms with E-state index in [4.69, 9.17) is 21.5 Å². The number of aromatic nitrogens is 2. The molecule has 3 rings (SSSR count). The molecule has 0 aliphatic carbocycles. The van der Waals surface area contributed by atoms with Gasteiger partial charge in [-0.1, -0.05) is 24.6 Å². The molecular formula is C20H24ClFN4O3. The van der Waals surface area contributed by atoms with Crippen LogP contribution >= 0.6 is 11.6 Å². The van der Waals surface area contributed by atoms with Crippen LogP contribution in [-0.4, -0.2) is 58.5 Å². The average molecular weight is 423 g/mol. The summed E-state index contributed by atoms with van der Waals surface area (Å²) in [5, 5.41) is 7.04. The first-order valence-corrected chi connectivity index (χ1v) is 9.69. The van der Waals surface area contributed by atoms with Crippen LogP contribution < -0.4 is 4.90 Å². The zero-order valence-electron chi connectivity index (χ0n) is 16.4. The second kappa shape index (κ2) is 10.7. The second-order valence-electron chi connectivity index (χ2n) is 6.47. The minimum atomic E-state index is -0.581. The van der Waals surface area contributed by atoms with Crippen molar-refractivity contribution in [2.24, 2.45) is 0 Å². The monoisotopic (exact) mass is 422 g/mol. The molecule has 1 saturated heterocycles. The first kappa shape index (κ1) is 22.5. The van der Waals surface area contributed by atoms with Gasteiger partial charge in [-0.05, 0) is 25.5 Å². The van der Waals surface area contributed by atoms with Crippen LogP contribution in [0.5, 0.6) is 0 Å². The summed E-state index contributed by atoms with van der Waals surface area (Å²) in [5.74, 6) is 0.758. The number of amides is 1. The van der Waals surface area contributed by atoms with Crippen LogP contribution in [0.25, 0.3) is 0 Å². The first-order valence-electron chi connectivity index (χ1n) is 9.31. The lowest BCUT2D eigenvalue weighted by atomic mass is 10.1. The third kappa shape index (κ3) is 5.87. The molecule has 1 aliphatic heterocycles. The fourth-order valence-electron chi connectivity index (χ4n) is 3.14. The van der Waals surface area contributed by atoms with E-state index in [1.54, 1.807) is 4.90 Å². The van der Waals surface area contributed by atoms with E-state index in [1.165, 1.54) is 18.2 Å². The van der Waals surface area contributed by atoms with Gasteiger partial charge in [-0.2, -0.15) is 0 Å². The minimum Gasteiger partial charge on any atom is -0.483 e. The van der Waals surface area contributed by atoms with Crippen LogP contribution in [0.1, 0.15) is 35.2 Å². The van der Waals surface area contributed by atoms with E-state index in [0.717, 1.165) is 36.7 Å². The Hall–Kier alpha value is -2.74. The van der Waals surface area contributed by atoms with E-state index < -0.39 is 5.82 Å². The van der Waals surface area contributed by atoms with Gasteiger partial charge in [0.15, 0.2) is 0 Å². The standard InChI is InChI=1S/C19H22ClFN4O.CH2O2/c1-3-16-22-13(2)12-17(23-16)24-8-5-9-25(11-10-24)19(26)18-14(20)6-4-7-15(18)21;2-1-3/h4,6-7,12H,3,5,8-11H2,1-2H3;1H,(H,2,3). The maximum atomic E-state index is 14.1. The molecule has 1 fully saturated rings. The van der Waals surface area contributed by atoms with Crippen molar-refractivity contribution in [3.8, 4) is 0 Å². The molecule has 2 heterocycles. The van der Waals surface area contributed by atoms with Gasteiger partial charge >= 0.3 is 0 Å². The normalized spacial score (nSPS) is 13.9. The largest absolute Gasteiger partial charge is 0.483 e. The van der Waals surface area contributed by atoms with Crippen LogP contribution in [0, 0.1) is 12.7 Å². The number of aryl methyl sites for hydroxylation is 2. The Morgan fingerprint density at radius 3 is 2.66 bits per heavy atom. The SMILES string of the molecule is CCc1nc(C)cc(N2CCCN(C(=O)c3c(F)cccc3Cl)CC2)n1.O=CO. The molecule has 1 aromatic carbocycles. The zero-order chi connectivity index (χ0) is 21.4. The Morgan fingerprint density at radius 2 is 2.00 bits per heavy atom. The molecule has 1 aliphatic rings. The molecular weight excluding hydrogens is 399 g/mol. The average Bonchev–Trinajstić information content (AvgIpc) is 2.94. The molecule has 9 heteroatoms. The summed E-state index contributed by atoms with van der Waals surface area (Å²) in [5.41, 5.74) is 0.885. The van der Waals surface area contributed by atoms with Gasteiger partial charge in [0.05, 0.1) is 10.6 Å². The number of halogens is 2. The summed E-state index contributed by atoms with van der Waals surface area (Å²) < 4.78 is 14.1. The van der Waals surface area contributed by atoms with Crippen LogP contribution in [0.2, 0.25) is 5.02 Å². The zero-order valence-corrected chi connectivity index (χ0v) is 17.2. The van der Waals surface area contributed by atoms with Gasteiger partial charge in [-0.15, -0.1) is 0 Å². The quantitative estimate of drug-likeness (QED) is 0.764. The first-order chi connectivity index (χ1) is 13.9. The maximum absolute atomic E-state index is 14.1. The number of hydrogen-bond acceptors (Lipinski definition) is 5. The van der Waals surface area contributed by atoms with Gasteiger partial charge in [-0.3, -0.25) is 9.59 Å². The number of carbonyl (C=O) groups is 2. The van der Waals surface area contributed by atoms with Crippen molar-refractivity contribution in [2.75, 3.05) is 31.1 Å². The third-order valence-electron chi connectivity index (χ3n) is 4.49. The summed E-state index contributed by atoms with van der Waals surface area (Å²) in [6, 6.07) is 6.27. The highest BCUT2D eigenvalue weighted by Crippen LogP contribution is 2.22. The summed E-state index contributed by atoms with van der Waals surface area (Å²) in [4.78, 5) is 34.0. The smallest absolute Gasteiger partial charge is 0.290 e. The van der Waals surface area contributed by atoms with E-state index in [-0.39, 0.29) is 23.0 Å². The molecule has 2 aromatic rings. The Bertz CT molecular complexity index is 845. The van der Waals surface area contributed by atoms with Crippen LogP contribution in [-0.2, 0) is 11.2 Å². The van der Waals surface area contributed by atoms with E-state index in [1.807, 2.05) is 19.9 Å². The van der Waals surface area contributed by atoms with Gasteiger partial charge in [-0.25, -0.2) is 14.4 Å². The molecule has 1 aromatic heterocycles. The van der Waals surface area contributed by atoms with E-state index in [0.29, 0.717) is 19.6 Å².